The van der Waals surface area contributed by atoms with Crippen LogP contribution < -0.4 is 4.74 Å². The van der Waals surface area contributed by atoms with Crippen molar-refractivity contribution in [3.8, 4) is 5.75 Å². The van der Waals surface area contributed by atoms with E-state index in [9.17, 15) is 14.3 Å². The first-order valence-corrected chi connectivity index (χ1v) is 4.22. The van der Waals surface area contributed by atoms with E-state index in [0.29, 0.717) is 0 Å². The average molecular weight is 214 g/mol. The van der Waals surface area contributed by atoms with Gasteiger partial charge in [-0.3, -0.25) is 0 Å². The maximum atomic E-state index is 13.3. The first-order chi connectivity index (χ1) is 6.97. The van der Waals surface area contributed by atoms with Crippen LogP contribution in [0, 0.1) is 12.7 Å². The fraction of sp³-hybridized carbons (Fsp3) is 0.300. The SMILES string of the molecule is COc1cc(C(O)C(=O)O)cc(F)c1C. The van der Waals surface area contributed by atoms with Crippen molar-refractivity contribution in [3.63, 3.8) is 0 Å². The highest BCUT2D eigenvalue weighted by atomic mass is 19.1. The summed E-state index contributed by atoms with van der Waals surface area (Å²) in [5.74, 6) is -1.82. The van der Waals surface area contributed by atoms with Crippen LogP contribution >= 0.6 is 0 Å². The maximum Gasteiger partial charge on any atom is 0.337 e. The lowest BCUT2D eigenvalue weighted by Crippen LogP contribution is -2.11. The van der Waals surface area contributed by atoms with Crippen LogP contribution in [-0.2, 0) is 4.79 Å². The molecule has 0 aliphatic rings. The van der Waals surface area contributed by atoms with Crippen molar-refractivity contribution in [2.24, 2.45) is 0 Å². The molecule has 4 nitrogen and oxygen atoms in total. The van der Waals surface area contributed by atoms with Crippen molar-refractivity contribution >= 4 is 5.97 Å². The fourth-order valence-electron chi connectivity index (χ4n) is 1.19. The molecule has 82 valence electrons. The molecule has 0 aromatic heterocycles. The Kier molecular flexibility index (Phi) is 3.26. The Hall–Kier alpha value is -1.62. The van der Waals surface area contributed by atoms with E-state index in [1.165, 1.54) is 20.1 Å². The van der Waals surface area contributed by atoms with Gasteiger partial charge in [-0.25, -0.2) is 9.18 Å². The summed E-state index contributed by atoms with van der Waals surface area (Å²) in [7, 11) is 1.35. The normalized spacial score (nSPS) is 12.3. The average Bonchev–Trinajstić information content (AvgIpc) is 2.20. The lowest BCUT2D eigenvalue weighted by Gasteiger charge is -2.11. The van der Waals surface area contributed by atoms with Crippen molar-refractivity contribution in [2.45, 2.75) is 13.0 Å². The predicted molar refractivity (Wildman–Crippen MR) is 50.3 cm³/mol. The van der Waals surface area contributed by atoms with Crippen LogP contribution in [0.25, 0.3) is 0 Å². The molecular weight excluding hydrogens is 203 g/mol. The minimum Gasteiger partial charge on any atom is -0.496 e. The van der Waals surface area contributed by atoms with E-state index in [-0.39, 0.29) is 16.9 Å². The van der Waals surface area contributed by atoms with Gasteiger partial charge in [-0.05, 0) is 24.6 Å². The minimum atomic E-state index is -1.74. The van der Waals surface area contributed by atoms with Crippen molar-refractivity contribution < 1.29 is 24.1 Å². The minimum absolute atomic E-state index is 0.0394. The van der Waals surface area contributed by atoms with Gasteiger partial charge in [0.15, 0.2) is 6.10 Å². The largest absolute Gasteiger partial charge is 0.496 e. The van der Waals surface area contributed by atoms with Gasteiger partial charge in [0.25, 0.3) is 0 Å². The van der Waals surface area contributed by atoms with Crippen LogP contribution in [-0.4, -0.2) is 23.3 Å². The van der Waals surface area contributed by atoms with Gasteiger partial charge in [0.1, 0.15) is 11.6 Å². The molecule has 0 fully saturated rings. The number of rotatable bonds is 3. The first-order valence-electron chi connectivity index (χ1n) is 4.22. The zero-order valence-electron chi connectivity index (χ0n) is 8.32. The Morgan fingerprint density at radius 3 is 2.60 bits per heavy atom. The highest BCUT2D eigenvalue weighted by Crippen LogP contribution is 2.26. The molecule has 0 aliphatic heterocycles. The molecule has 0 saturated heterocycles. The molecule has 2 N–H and O–H groups in total. The van der Waals surface area contributed by atoms with E-state index in [2.05, 4.69) is 0 Å². The van der Waals surface area contributed by atoms with E-state index in [0.717, 1.165) is 6.07 Å². The fourth-order valence-corrected chi connectivity index (χ4v) is 1.19. The van der Waals surface area contributed by atoms with Crippen LogP contribution in [0.4, 0.5) is 4.39 Å². The van der Waals surface area contributed by atoms with Gasteiger partial charge in [0, 0.05) is 5.56 Å². The van der Waals surface area contributed by atoms with E-state index in [4.69, 9.17) is 9.84 Å². The summed E-state index contributed by atoms with van der Waals surface area (Å²) in [6, 6.07) is 2.29. The van der Waals surface area contributed by atoms with Crippen LogP contribution in [0.1, 0.15) is 17.2 Å². The third-order valence-corrected chi connectivity index (χ3v) is 2.09. The first kappa shape index (κ1) is 11.5. The standard InChI is InChI=1S/C10H11FO4/c1-5-7(11)3-6(4-8(5)15-2)9(12)10(13)14/h3-4,9,12H,1-2H3,(H,13,14). The smallest absolute Gasteiger partial charge is 0.337 e. The molecule has 1 atom stereocenters. The van der Waals surface area contributed by atoms with Crippen molar-refractivity contribution in [3.05, 3.63) is 29.1 Å². The predicted octanol–water partition coefficient (Wildman–Crippen LogP) is 1.26. The molecule has 0 saturated carbocycles. The number of benzene rings is 1. The number of hydrogen-bond acceptors (Lipinski definition) is 3. The van der Waals surface area contributed by atoms with Crippen LogP contribution in [0.2, 0.25) is 0 Å². The zero-order valence-corrected chi connectivity index (χ0v) is 8.32. The molecule has 1 aromatic rings. The summed E-state index contributed by atoms with van der Waals surface area (Å²) in [4.78, 5) is 10.5. The van der Waals surface area contributed by atoms with Gasteiger partial charge in [0.05, 0.1) is 7.11 Å². The number of methoxy groups -OCH3 is 1. The Balaban J connectivity index is 3.22. The molecule has 5 heteroatoms. The van der Waals surface area contributed by atoms with Crippen LogP contribution in [0.15, 0.2) is 12.1 Å². The quantitative estimate of drug-likeness (QED) is 0.794. The molecule has 0 aliphatic carbocycles. The summed E-state index contributed by atoms with van der Waals surface area (Å²) in [5, 5.41) is 17.8. The van der Waals surface area contributed by atoms with Crippen molar-refractivity contribution in [1.82, 2.24) is 0 Å². The van der Waals surface area contributed by atoms with Gasteiger partial charge in [-0.15, -0.1) is 0 Å². The Morgan fingerprint density at radius 1 is 1.53 bits per heavy atom. The second kappa shape index (κ2) is 4.27. The van der Waals surface area contributed by atoms with E-state index < -0.39 is 17.9 Å². The molecule has 1 rings (SSSR count). The van der Waals surface area contributed by atoms with Gasteiger partial charge in [-0.2, -0.15) is 0 Å². The second-order valence-corrected chi connectivity index (χ2v) is 3.07. The number of aliphatic hydroxyl groups excluding tert-OH is 1. The Bertz CT molecular complexity index is 389. The monoisotopic (exact) mass is 214 g/mol. The number of carboxylic acids is 1. The van der Waals surface area contributed by atoms with E-state index in [1.807, 2.05) is 0 Å². The molecule has 1 unspecified atom stereocenters. The molecule has 0 amide bonds. The van der Waals surface area contributed by atoms with Crippen LogP contribution in [0.3, 0.4) is 0 Å². The molecule has 0 bridgehead atoms. The highest BCUT2D eigenvalue weighted by molar-refractivity contribution is 5.74. The summed E-state index contributed by atoms with van der Waals surface area (Å²) >= 11 is 0. The van der Waals surface area contributed by atoms with Gasteiger partial charge in [0.2, 0.25) is 0 Å². The topological polar surface area (TPSA) is 66.8 Å². The Morgan fingerprint density at radius 2 is 2.13 bits per heavy atom. The summed E-state index contributed by atoms with van der Waals surface area (Å²) < 4.78 is 18.1. The van der Waals surface area contributed by atoms with Crippen molar-refractivity contribution in [1.29, 1.82) is 0 Å². The van der Waals surface area contributed by atoms with Gasteiger partial charge < -0.3 is 14.9 Å². The third kappa shape index (κ3) is 2.24. The molecule has 0 heterocycles. The number of aliphatic carboxylic acids is 1. The number of ether oxygens (including phenoxy) is 1. The van der Waals surface area contributed by atoms with E-state index in [1.54, 1.807) is 0 Å². The van der Waals surface area contributed by atoms with Gasteiger partial charge >= 0.3 is 5.97 Å². The Labute approximate surface area is 85.9 Å². The third-order valence-electron chi connectivity index (χ3n) is 2.09. The summed E-state index contributed by atoms with van der Waals surface area (Å²) in [6.45, 7) is 1.51. The number of carbonyl (C=O) groups is 1. The second-order valence-electron chi connectivity index (χ2n) is 3.07. The number of halogens is 1. The highest BCUT2D eigenvalue weighted by Gasteiger charge is 2.19. The maximum absolute atomic E-state index is 13.3. The summed E-state index contributed by atoms with van der Waals surface area (Å²) in [5.41, 5.74) is 0.237. The number of aliphatic hydroxyl groups is 1. The molecule has 0 spiro atoms. The molecule has 0 radical (unpaired) electrons. The number of carboxylic acid groups (broad SMARTS) is 1. The van der Waals surface area contributed by atoms with Crippen molar-refractivity contribution in [2.75, 3.05) is 7.11 Å². The summed E-state index contributed by atoms with van der Waals surface area (Å²) in [6.07, 6.45) is -1.74. The lowest BCUT2D eigenvalue weighted by atomic mass is 10.1. The molecule has 15 heavy (non-hydrogen) atoms. The zero-order chi connectivity index (χ0) is 11.6. The van der Waals surface area contributed by atoms with E-state index >= 15 is 0 Å². The van der Waals surface area contributed by atoms with Crippen LogP contribution in [0.5, 0.6) is 5.75 Å². The van der Waals surface area contributed by atoms with Gasteiger partial charge in [-0.1, -0.05) is 0 Å². The molecular formula is C10H11FO4. The number of hydrogen-bond donors (Lipinski definition) is 2. The lowest BCUT2D eigenvalue weighted by molar-refractivity contribution is -0.146. The molecule has 1 aromatic carbocycles.